The molecule has 0 saturated heterocycles. The smallest absolute Gasteiger partial charge is 0.335 e. The fraction of sp³-hybridized carbons (Fsp3) is 0.378. The van der Waals surface area contributed by atoms with Gasteiger partial charge in [-0.25, -0.2) is 9.59 Å². The topological polar surface area (TPSA) is 190 Å². The molecule has 2 aliphatic heterocycles. The van der Waals surface area contributed by atoms with E-state index < -0.39 is 43.0 Å². The molecule has 0 radical (unpaired) electrons. The van der Waals surface area contributed by atoms with Crippen molar-refractivity contribution in [2.45, 2.75) is 64.2 Å². The highest BCUT2D eigenvalue weighted by Gasteiger charge is 2.44. The van der Waals surface area contributed by atoms with Crippen LogP contribution in [0.15, 0.2) is 84.6 Å². The number of fused-ring (bicyclic) bond motifs is 2. The van der Waals surface area contributed by atoms with E-state index in [2.05, 4.69) is 9.48 Å². The third-order valence-corrected chi connectivity index (χ3v) is 10.9. The van der Waals surface area contributed by atoms with Gasteiger partial charge in [0.2, 0.25) is 5.69 Å². The molecule has 0 atom stereocenters. The Morgan fingerprint density at radius 2 is 1.27 bits per heavy atom. The molecule has 274 valence electrons. The summed E-state index contributed by atoms with van der Waals surface area (Å²) >= 11 is 0. The third kappa shape index (κ3) is 9.50. The number of carbonyl (C=O) groups is 2. The summed E-state index contributed by atoms with van der Waals surface area (Å²) in [7, 11) is -8.16. The summed E-state index contributed by atoms with van der Waals surface area (Å²) in [5.74, 6) is -2.75. The van der Waals surface area contributed by atoms with Gasteiger partial charge >= 0.3 is 11.9 Å². The Morgan fingerprint density at radius 1 is 0.725 bits per heavy atom. The van der Waals surface area contributed by atoms with Gasteiger partial charge < -0.3 is 15.1 Å². The lowest BCUT2D eigenvalue weighted by Crippen LogP contribution is -2.28. The van der Waals surface area contributed by atoms with Crippen molar-refractivity contribution in [3.8, 4) is 0 Å². The van der Waals surface area contributed by atoms with Crippen LogP contribution in [0.1, 0.15) is 85.2 Å². The number of carboxylic acids is 2. The van der Waals surface area contributed by atoms with Gasteiger partial charge in [0.05, 0.1) is 28.0 Å². The van der Waals surface area contributed by atoms with Crippen LogP contribution in [0, 0.1) is 0 Å². The van der Waals surface area contributed by atoms with Gasteiger partial charge in [0.1, 0.15) is 6.54 Å². The zero-order valence-electron chi connectivity index (χ0n) is 29.1. The maximum Gasteiger partial charge on any atom is 0.335 e. The van der Waals surface area contributed by atoms with E-state index in [4.69, 9.17) is 9.11 Å². The van der Waals surface area contributed by atoms with Crippen LogP contribution in [0.4, 0.5) is 11.4 Å². The fourth-order valence-electron chi connectivity index (χ4n) is 6.69. The van der Waals surface area contributed by atoms with Crippen LogP contribution >= 0.6 is 0 Å². The number of aromatic carboxylic acids is 2. The van der Waals surface area contributed by atoms with E-state index >= 15 is 0 Å². The lowest BCUT2D eigenvalue weighted by molar-refractivity contribution is -0.438. The van der Waals surface area contributed by atoms with E-state index in [0.717, 1.165) is 33.9 Å². The van der Waals surface area contributed by atoms with Crippen molar-refractivity contribution in [3.63, 3.8) is 0 Å². The fourth-order valence-corrected chi connectivity index (χ4v) is 7.83. The number of rotatable bonds is 16. The van der Waals surface area contributed by atoms with Gasteiger partial charge in [-0.1, -0.05) is 44.2 Å². The molecule has 0 unspecified atom stereocenters. The standard InChI is InChI=1S/C37H44N2O10S2/c1-36(2)28-24-26(34(40)41)16-18-30(28)38(20-10-12-22-50(44,45)46)32(36)14-8-6-5-7-9-15-33-37(3,4)29-25-27(35(42)43)17-19-31(29)39(33)21-11-13-23-51(47,48)49/h5-9,14-19,24-25H,10-13,20-23H2,1-4H3,(H3-,40,41,42,43,44,45,46,47,48,49)/p+1. The summed E-state index contributed by atoms with van der Waals surface area (Å²) < 4.78 is 65.3. The first-order valence-corrected chi connectivity index (χ1v) is 19.8. The first-order valence-electron chi connectivity index (χ1n) is 16.5. The molecule has 2 heterocycles. The van der Waals surface area contributed by atoms with E-state index in [1.165, 1.54) is 0 Å². The Labute approximate surface area is 299 Å². The van der Waals surface area contributed by atoms with Crippen molar-refractivity contribution in [1.29, 1.82) is 0 Å². The molecule has 4 N–H and O–H groups in total. The second-order valence-corrected chi connectivity index (χ2v) is 16.8. The number of nitrogens with zero attached hydrogens (tertiary/aromatic N) is 2. The minimum atomic E-state index is -4.08. The van der Waals surface area contributed by atoms with E-state index in [1.54, 1.807) is 36.4 Å². The first-order chi connectivity index (χ1) is 23.7. The average Bonchev–Trinajstić information content (AvgIpc) is 3.37. The van der Waals surface area contributed by atoms with Gasteiger partial charge in [0.25, 0.3) is 20.2 Å². The minimum absolute atomic E-state index is 0.171. The van der Waals surface area contributed by atoms with Gasteiger partial charge in [0.15, 0.2) is 5.71 Å². The molecule has 0 spiro atoms. The molecular formula is C37H45N2O10S2+. The van der Waals surface area contributed by atoms with E-state index in [0.29, 0.717) is 25.9 Å². The number of hydrogen-bond acceptors (Lipinski definition) is 7. The third-order valence-electron chi connectivity index (χ3n) is 9.30. The number of benzene rings is 2. The summed E-state index contributed by atoms with van der Waals surface area (Å²) in [5, 5.41) is 19.2. The van der Waals surface area contributed by atoms with Crippen molar-refractivity contribution in [2.75, 3.05) is 29.5 Å². The Bertz CT molecular complexity index is 2070. The molecule has 2 aliphatic rings. The molecule has 51 heavy (non-hydrogen) atoms. The lowest BCUT2D eigenvalue weighted by Gasteiger charge is -2.27. The Morgan fingerprint density at radius 3 is 1.88 bits per heavy atom. The highest BCUT2D eigenvalue weighted by Crippen LogP contribution is 2.48. The number of unbranched alkanes of at least 4 members (excludes halogenated alkanes) is 2. The highest BCUT2D eigenvalue weighted by atomic mass is 32.2. The zero-order chi connectivity index (χ0) is 37.8. The van der Waals surface area contributed by atoms with Crippen molar-refractivity contribution >= 4 is 49.3 Å². The normalized spacial score (nSPS) is 17.7. The second-order valence-electron chi connectivity index (χ2n) is 13.7. The molecule has 12 nitrogen and oxygen atoms in total. The number of carboxylic acid groups (broad SMARTS) is 2. The predicted octanol–water partition coefficient (Wildman–Crippen LogP) is 6.15. The lowest BCUT2D eigenvalue weighted by atomic mass is 9.81. The molecule has 2 aromatic carbocycles. The average molecular weight is 742 g/mol. The summed E-state index contributed by atoms with van der Waals surface area (Å²) in [6.45, 7) is 8.93. The van der Waals surface area contributed by atoms with Gasteiger partial charge in [-0.3, -0.25) is 9.11 Å². The number of hydrogen-bond donors (Lipinski definition) is 4. The van der Waals surface area contributed by atoms with Crippen LogP contribution in [-0.2, 0) is 31.1 Å². The van der Waals surface area contributed by atoms with Crippen molar-refractivity contribution in [2.24, 2.45) is 0 Å². The zero-order valence-corrected chi connectivity index (χ0v) is 30.7. The van der Waals surface area contributed by atoms with Gasteiger partial charge in [-0.15, -0.1) is 0 Å². The van der Waals surface area contributed by atoms with Gasteiger partial charge in [-0.05, 0) is 75.1 Å². The number of anilines is 1. The van der Waals surface area contributed by atoms with Crippen LogP contribution in [0.5, 0.6) is 0 Å². The van der Waals surface area contributed by atoms with Crippen LogP contribution < -0.4 is 4.90 Å². The Kier molecular flexibility index (Phi) is 12.0. The van der Waals surface area contributed by atoms with Crippen LogP contribution in [0.3, 0.4) is 0 Å². The molecule has 2 aromatic rings. The highest BCUT2D eigenvalue weighted by molar-refractivity contribution is 7.86. The van der Waals surface area contributed by atoms with Crippen LogP contribution in [-0.4, -0.2) is 83.0 Å². The van der Waals surface area contributed by atoms with Crippen molar-refractivity contribution in [1.82, 2.24) is 0 Å². The van der Waals surface area contributed by atoms with E-state index in [1.807, 2.05) is 70.2 Å². The summed E-state index contributed by atoms with van der Waals surface area (Å²) in [6.07, 6.45) is 14.7. The summed E-state index contributed by atoms with van der Waals surface area (Å²) in [5.41, 5.74) is 4.39. The van der Waals surface area contributed by atoms with E-state index in [9.17, 15) is 36.6 Å². The van der Waals surface area contributed by atoms with Crippen molar-refractivity contribution in [3.05, 3.63) is 107 Å². The second kappa shape index (κ2) is 15.5. The summed E-state index contributed by atoms with van der Waals surface area (Å²) in [4.78, 5) is 25.5. The summed E-state index contributed by atoms with van der Waals surface area (Å²) in [6, 6.07) is 9.95. The van der Waals surface area contributed by atoms with Gasteiger partial charge in [-0.2, -0.15) is 21.4 Å². The molecule has 0 bridgehead atoms. The predicted molar refractivity (Wildman–Crippen MR) is 197 cm³/mol. The molecular weight excluding hydrogens is 697 g/mol. The molecule has 0 amide bonds. The number of allylic oxidation sites excluding steroid dienone is 8. The molecule has 0 fully saturated rings. The molecule has 4 rings (SSSR count). The first kappa shape index (κ1) is 39.4. The minimum Gasteiger partial charge on any atom is -0.478 e. The van der Waals surface area contributed by atoms with Crippen molar-refractivity contribution < 1.29 is 50.3 Å². The maximum atomic E-state index is 11.7. The molecule has 0 saturated carbocycles. The van der Waals surface area contributed by atoms with E-state index in [-0.39, 0.29) is 35.5 Å². The maximum absolute atomic E-state index is 11.7. The van der Waals surface area contributed by atoms with Gasteiger partial charge in [0, 0.05) is 47.5 Å². The quantitative estimate of drug-likeness (QED) is 0.0669. The monoisotopic (exact) mass is 741 g/mol. The largest absolute Gasteiger partial charge is 0.478 e. The molecule has 0 aromatic heterocycles. The molecule has 14 heteroatoms. The van der Waals surface area contributed by atoms with Crippen LogP contribution in [0.25, 0.3) is 0 Å². The Hall–Kier alpha value is -4.37. The van der Waals surface area contributed by atoms with Crippen LogP contribution in [0.2, 0.25) is 0 Å². The Balaban J connectivity index is 1.57. The SMILES string of the molecule is CC1(C)C(/C=C/C=C/C=C/C=C2/N(CCCCS(=O)(=O)O)c3ccc(C(=O)O)cc3C2(C)C)=[N+](CCCCS(=O)(=O)O)c2ccc(C(=O)O)cc21. The molecule has 0 aliphatic carbocycles.